The van der Waals surface area contributed by atoms with Crippen LogP contribution in [0.4, 0.5) is 4.39 Å². The van der Waals surface area contributed by atoms with Crippen molar-refractivity contribution in [2.24, 2.45) is 0 Å². The fraction of sp³-hybridized carbons (Fsp3) is 0.200. The Labute approximate surface area is 155 Å². The van der Waals surface area contributed by atoms with E-state index in [1.54, 1.807) is 17.5 Å². The van der Waals surface area contributed by atoms with E-state index in [4.69, 9.17) is 4.74 Å². The lowest BCUT2D eigenvalue weighted by Gasteiger charge is -2.08. The highest BCUT2D eigenvalue weighted by Crippen LogP contribution is 2.21. The minimum atomic E-state index is -0.298. The summed E-state index contributed by atoms with van der Waals surface area (Å²) in [6.07, 6.45) is 0. The van der Waals surface area contributed by atoms with Crippen LogP contribution in [-0.4, -0.2) is 10.9 Å². The third-order valence-electron chi connectivity index (χ3n) is 3.83. The Morgan fingerprint density at radius 2 is 1.96 bits per heavy atom. The van der Waals surface area contributed by atoms with Crippen molar-refractivity contribution in [1.29, 1.82) is 0 Å². The summed E-state index contributed by atoms with van der Waals surface area (Å²) in [7, 11) is 0. The Kier molecular flexibility index (Phi) is 5.63. The Bertz CT molecular complexity index is 906. The summed E-state index contributed by atoms with van der Waals surface area (Å²) >= 11 is 1.38. The van der Waals surface area contributed by atoms with E-state index < -0.39 is 0 Å². The van der Waals surface area contributed by atoms with E-state index in [2.05, 4.69) is 16.4 Å². The number of halogens is 1. The Morgan fingerprint density at radius 3 is 2.69 bits per heavy atom. The first-order valence-electron chi connectivity index (χ1n) is 8.18. The molecule has 0 saturated heterocycles. The highest BCUT2D eigenvalue weighted by atomic mass is 32.1. The maximum atomic E-state index is 12.9. The lowest BCUT2D eigenvalue weighted by Crippen LogP contribution is -2.23. The molecule has 0 saturated carbocycles. The molecular weight excluding hydrogens is 351 g/mol. The van der Waals surface area contributed by atoms with E-state index in [0.717, 1.165) is 21.9 Å². The average Bonchev–Trinajstić information content (AvgIpc) is 3.09. The zero-order chi connectivity index (χ0) is 18.5. The third-order valence-corrected chi connectivity index (χ3v) is 4.65. The lowest BCUT2D eigenvalue weighted by molar-refractivity contribution is 0.0946. The fourth-order valence-corrected chi connectivity index (χ4v) is 3.14. The van der Waals surface area contributed by atoms with Gasteiger partial charge in [0, 0.05) is 11.9 Å². The number of aromatic nitrogens is 1. The van der Waals surface area contributed by atoms with Gasteiger partial charge < -0.3 is 10.1 Å². The first-order valence-corrected chi connectivity index (χ1v) is 9.06. The molecule has 0 radical (unpaired) electrons. The first-order chi connectivity index (χ1) is 12.5. The Morgan fingerprint density at radius 1 is 1.19 bits per heavy atom. The highest BCUT2D eigenvalue weighted by molar-refractivity contribution is 7.09. The predicted octanol–water partition coefficient (Wildman–Crippen LogP) is 4.41. The van der Waals surface area contributed by atoms with E-state index in [1.165, 1.54) is 29.0 Å². The van der Waals surface area contributed by atoms with Gasteiger partial charge in [0.25, 0.3) is 5.91 Å². The number of thiazole rings is 1. The molecule has 0 aliphatic carbocycles. The lowest BCUT2D eigenvalue weighted by atomic mass is 10.1. The first kappa shape index (κ1) is 18.1. The number of carbonyl (C=O) groups excluding carboxylic acids is 1. The van der Waals surface area contributed by atoms with Crippen molar-refractivity contribution in [3.05, 3.63) is 81.1 Å². The molecule has 1 N–H and O–H groups in total. The molecule has 0 aliphatic heterocycles. The number of nitrogens with zero attached hydrogens (tertiary/aromatic N) is 1. The van der Waals surface area contributed by atoms with Gasteiger partial charge in [-0.2, -0.15) is 0 Å². The SMILES string of the molecule is Cc1ccc(OCc2nc(C(=O)NCc3ccc(F)cc3)cs2)c(C)c1. The second-order valence-corrected chi connectivity index (χ2v) is 6.94. The van der Waals surface area contributed by atoms with Crippen LogP contribution in [0.2, 0.25) is 0 Å². The van der Waals surface area contributed by atoms with E-state index in [9.17, 15) is 9.18 Å². The van der Waals surface area contributed by atoms with Crippen LogP contribution in [-0.2, 0) is 13.2 Å². The van der Waals surface area contributed by atoms with Crippen molar-refractivity contribution in [2.75, 3.05) is 0 Å². The summed E-state index contributed by atoms with van der Waals surface area (Å²) in [6.45, 7) is 4.68. The Balaban J connectivity index is 1.55. The van der Waals surface area contributed by atoms with E-state index >= 15 is 0 Å². The third kappa shape index (κ3) is 4.67. The number of amides is 1. The number of carbonyl (C=O) groups is 1. The molecule has 3 rings (SSSR count). The zero-order valence-electron chi connectivity index (χ0n) is 14.6. The van der Waals surface area contributed by atoms with Crippen LogP contribution in [0.1, 0.15) is 32.2 Å². The van der Waals surface area contributed by atoms with Crippen LogP contribution in [0.5, 0.6) is 5.75 Å². The van der Waals surface area contributed by atoms with Gasteiger partial charge in [0.05, 0.1) is 0 Å². The molecule has 0 bridgehead atoms. The Hall–Kier alpha value is -2.73. The molecule has 0 spiro atoms. The molecule has 2 aromatic carbocycles. The monoisotopic (exact) mass is 370 g/mol. The molecule has 26 heavy (non-hydrogen) atoms. The maximum absolute atomic E-state index is 12.9. The van der Waals surface area contributed by atoms with Gasteiger partial charge in [0.2, 0.25) is 0 Å². The molecular formula is C20H19FN2O2S. The summed E-state index contributed by atoms with van der Waals surface area (Å²) in [5.41, 5.74) is 3.44. The predicted molar refractivity (Wildman–Crippen MR) is 99.9 cm³/mol. The van der Waals surface area contributed by atoms with Crippen molar-refractivity contribution in [2.45, 2.75) is 27.0 Å². The highest BCUT2D eigenvalue weighted by Gasteiger charge is 2.11. The summed E-state index contributed by atoms with van der Waals surface area (Å²) in [6, 6.07) is 12.0. The van der Waals surface area contributed by atoms with Gasteiger partial charge >= 0.3 is 0 Å². The number of benzene rings is 2. The molecule has 0 atom stereocenters. The van der Waals surface area contributed by atoms with Gasteiger partial charge in [-0.1, -0.05) is 29.8 Å². The summed E-state index contributed by atoms with van der Waals surface area (Å²) < 4.78 is 18.7. The second-order valence-electron chi connectivity index (χ2n) is 5.99. The number of aryl methyl sites for hydroxylation is 2. The normalized spacial score (nSPS) is 10.6. The van der Waals surface area contributed by atoms with Crippen LogP contribution >= 0.6 is 11.3 Å². The van der Waals surface area contributed by atoms with Crippen LogP contribution in [0.15, 0.2) is 47.8 Å². The van der Waals surface area contributed by atoms with Gasteiger partial charge in [-0.25, -0.2) is 9.37 Å². The van der Waals surface area contributed by atoms with Crippen LogP contribution in [0.25, 0.3) is 0 Å². The number of hydrogen-bond donors (Lipinski definition) is 1. The largest absolute Gasteiger partial charge is 0.486 e. The van der Waals surface area contributed by atoms with Gasteiger partial charge in [-0.15, -0.1) is 11.3 Å². The molecule has 1 aromatic heterocycles. The topological polar surface area (TPSA) is 51.2 Å². The second kappa shape index (κ2) is 8.10. The van der Waals surface area contributed by atoms with Crippen LogP contribution in [0.3, 0.4) is 0 Å². The summed E-state index contributed by atoms with van der Waals surface area (Å²) in [5.74, 6) is 0.254. The van der Waals surface area contributed by atoms with E-state index in [1.807, 2.05) is 26.0 Å². The number of hydrogen-bond acceptors (Lipinski definition) is 4. The molecule has 0 aliphatic rings. The summed E-state index contributed by atoms with van der Waals surface area (Å²) in [4.78, 5) is 16.5. The van der Waals surface area contributed by atoms with Gasteiger partial charge in [0.1, 0.15) is 28.9 Å². The maximum Gasteiger partial charge on any atom is 0.271 e. The number of nitrogens with one attached hydrogen (secondary N) is 1. The van der Waals surface area contributed by atoms with Crippen molar-refractivity contribution >= 4 is 17.2 Å². The molecule has 134 valence electrons. The van der Waals surface area contributed by atoms with Crippen molar-refractivity contribution in [1.82, 2.24) is 10.3 Å². The van der Waals surface area contributed by atoms with E-state index in [0.29, 0.717) is 18.8 Å². The van der Waals surface area contributed by atoms with Crippen LogP contribution in [0, 0.1) is 19.7 Å². The molecule has 0 fully saturated rings. The minimum absolute atomic E-state index is 0.261. The van der Waals surface area contributed by atoms with Crippen molar-refractivity contribution < 1.29 is 13.9 Å². The summed E-state index contributed by atoms with van der Waals surface area (Å²) in [5, 5.41) is 5.22. The van der Waals surface area contributed by atoms with E-state index in [-0.39, 0.29) is 11.7 Å². The molecule has 0 unspecified atom stereocenters. The quantitative estimate of drug-likeness (QED) is 0.699. The van der Waals surface area contributed by atoms with Gasteiger partial charge in [-0.05, 0) is 43.2 Å². The molecule has 4 nitrogen and oxygen atoms in total. The van der Waals surface area contributed by atoms with Gasteiger partial charge in [-0.3, -0.25) is 4.79 Å². The smallest absolute Gasteiger partial charge is 0.271 e. The van der Waals surface area contributed by atoms with Gasteiger partial charge in [0.15, 0.2) is 0 Å². The van der Waals surface area contributed by atoms with Crippen LogP contribution < -0.4 is 10.1 Å². The minimum Gasteiger partial charge on any atom is -0.486 e. The molecule has 1 heterocycles. The molecule has 1 amide bonds. The number of rotatable bonds is 6. The zero-order valence-corrected chi connectivity index (χ0v) is 15.4. The molecule has 3 aromatic rings. The molecule has 6 heteroatoms. The van der Waals surface area contributed by atoms with Crippen molar-refractivity contribution in [3.8, 4) is 5.75 Å². The fourth-order valence-electron chi connectivity index (χ4n) is 2.46. The average molecular weight is 370 g/mol. The number of ether oxygens (including phenoxy) is 1. The standard InChI is InChI=1S/C20H19FN2O2S/c1-13-3-8-18(14(2)9-13)25-11-19-23-17(12-26-19)20(24)22-10-15-4-6-16(21)7-5-15/h3-9,12H,10-11H2,1-2H3,(H,22,24). The van der Waals surface area contributed by atoms with Crippen molar-refractivity contribution in [3.63, 3.8) is 0 Å².